The molecule has 2 fully saturated rings. The van der Waals surface area contributed by atoms with Gasteiger partial charge in [0.1, 0.15) is 0 Å². The van der Waals surface area contributed by atoms with Gasteiger partial charge in [0.25, 0.3) is 0 Å². The van der Waals surface area contributed by atoms with Crippen LogP contribution >= 0.6 is 0 Å². The SMILES string of the molecule is C[C@@H]1C[C@H](NC(=O)C2CC2)CC[C@H]1O. The minimum atomic E-state index is -0.163. The van der Waals surface area contributed by atoms with Gasteiger partial charge in [-0.25, -0.2) is 0 Å². The summed E-state index contributed by atoms with van der Waals surface area (Å²) in [6, 6.07) is 0.307. The van der Waals surface area contributed by atoms with Gasteiger partial charge in [-0.2, -0.15) is 0 Å². The number of amides is 1. The van der Waals surface area contributed by atoms with Crippen molar-refractivity contribution in [3.63, 3.8) is 0 Å². The first-order valence-electron chi connectivity index (χ1n) is 5.65. The maximum Gasteiger partial charge on any atom is 0.223 e. The molecule has 0 aromatic rings. The van der Waals surface area contributed by atoms with Crippen LogP contribution in [0, 0.1) is 11.8 Å². The van der Waals surface area contributed by atoms with E-state index in [4.69, 9.17) is 0 Å². The van der Waals surface area contributed by atoms with E-state index in [1.54, 1.807) is 0 Å². The van der Waals surface area contributed by atoms with Crippen molar-refractivity contribution >= 4 is 5.91 Å². The zero-order valence-electron chi connectivity index (χ0n) is 8.70. The fourth-order valence-corrected chi connectivity index (χ4v) is 2.18. The molecule has 0 unspecified atom stereocenters. The Bertz CT molecular complexity index is 225. The molecule has 2 rings (SSSR count). The highest BCUT2D eigenvalue weighted by Crippen LogP contribution is 2.30. The smallest absolute Gasteiger partial charge is 0.223 e. The van der Waals surface area contributed by atoms with Gasteiger partial charge in [-0.05, 0) is 38.0 Å². The van der Waals surface area contributed by atoms with Gasteiger partial charge in [0.05, 0.1) is 6.10 Å². The summed E-state index contributed by atoms with van der Waals surface area (Å²) in [7, 11) is 0. The largest absolute Gasteiger partial charge is 0.393 e. The van der Waals surface area contributed by atoms with Crippen LogP contribution < -0.4 is 5.32 Å². The van der Waals surface area contributed by atoms with E-state index in [9.17, 15) is 9.90 Å². The van der Waals surface area contributed by atoms with Crippen molar-refractivity contribution in [3.05, 3.63) is 0 Å². The molecule has 2 saturated carbocycles. The van der Waals surface area contributed by atoms with Crippen LogP contribution in [0.3, 0.4) is 0 Å². The summed E-state index contributed by atoms with van der Waals surface area (Å²) in [6.07, 6.45) is 4.66. The third-order valence-electron chi connectivity index (χ3n) is 3.42. The average molecular weight is 197 g/mol. The van der Waals surface area contributed by atoms with Crippen molar-refractivity contribution in [1.82, 2.24) is 5.32 Å². The Labute approximate surface area is 84.9 Å². The highest BCUT2D eigenvalue weighted by Gasteiger charge is 2.33. The topological polar surface area (TPSA) is 49.3 Å². The van der Waals surface area contributed by atoms with Gasteiger partial charge in [0.2, 0.25) is 5.91 Å². The van der Waals surface area contributed by atoms with Crippen molar-refractivity contribution in [2.45, 2.75) is 51.2 Å². The number of nitrogens with one attached hydrogen (secondary N) is 1. The second-order valence-electron chi connectivity index (χ2n) is 4.84. The van der Waals surface area contributed by atoms with E-state index in [0.29, 0.717) is 17.9 Å². The zero-order chi connectivity index (χ0) is 10.1. The highest BCUT2D eigenvalue weighted by molar-refractivity contribution is 5.81. The van der Waals surface area contributed by atoms with Crippen LogP contribution in [0.2, 0.25) is 0 Å². The van der Waals surface area contributed by atoms with E-state index >= 15 is 0 Å². The Kier molecular flexibility index (Phi) is 2.77. The molecule has 0 saturated heterocycles. The molecule has 2 N–H and O–H groups in total. The van der Waals surface area contributed by atoms with Crippen LogP contribution in [0.4, 0.5) is 0 Å². The Morgan fingerprint density at radius 1 is 1.29 bits per heavy atom. The fourth-order valence-electron chi connectivity index (χ4n) is 2.18. The normalized spacial score (nSPS) is 38.0. The Balaban J connectivity index is 1.78. The molecular weight excluding hydrogens is 178 g/mol. The lowest BCUT2D eigenvalue weighted by Gasteiger charge is -2.31. The Hall–Kier alpha value is -0.570. The summed E-state index contributed by atoms with van der Waals surface area (Å²) >= 11 is 0. The molecule has 0 bridgehead atoms. The van der Waals surface area contributed by atoms with Gasteiger partial charge in [-0.1, -0.05) is 6.92 Å². The quantitative estimate of drug-likeness (QED) is 0.695. The van der Waals surface area contributed by atoms with E-state index in [1.807, 2.05) is 0 Å². The molecule has 0 spiro atoms. The Morgan fingerprint density at radius 2 is 2.00 bits per heavy atom. The van der Waals surface area contributed by atoms with Gasteiger partial charge in [-0.15, -0.1) is 0 Å². The minimum Gasteiger partial charge on any atom is -0.393 e. The maximum atomic E-state index is 11.5. The number of hydrogen-bond acceptors (Lipinski definition) is 2. The third-order valence-corrected chi connectivity index (χ3v) is 3.42. The van der Waals surface area contributed by atoms with Gasteiger partial charge in [0.15, 0.2) is 0 Å². The number of aliphatic hydroxyl groups excluding tert-OH is 1. The molecule has 14 heavy (non-hydrogen) atoms. The van der Waals surface area contributed by atoms with Gasteiger partial charge >= 0.3 is 0 Å². The predicted molar refractivity (Wildman–Crippen MR) is 53.7 cm³/mol. The first-order valence-corrected chi connectivity index (χ1v) is 5.65. The van der Waals surface area contributed by atoms with Crippen LogP contribution in [0.15, 0.2) is 0 Å². The highest BCUT2D eigenvalue weighted by atomic mass is 16.3. The summed E-state index contributed by atoms with van der Waals surface area (Å²) in [5.74, 6) is 0.865. The fraction of sp³-hybridized carbons (Fsp3) is 0.909. The molecule has 0 radical (unpaired) electrons. The van der Waals surface area contributed by atoms with Crippen molar-refractivity contribution in [2.24, 2.45) is 11.8 Å². The standard InChI is InChI=1S/C11H19NO2/c1-7-6-9(4-5-10(7)13)12-11(14)8-2-3-8/h7-10,13H,2-6H2,1H3,(H,12,14)/t7-,9-,10-/m1/s1. The minimum absolute atomic E-state index is 0.163. The van der Waals surface area contributed by atoms with Crippen LogP contribution in [0.1, 0.15) is 39.0 Å². The van der Waals surface area contributed by atoms with E-state index in [1.165, 1.54) is 0 Å². The number of rotatable bonds is 2. The molecule has 0 aliphatic heterocycles. The second kappa shape index (κ2) is 3.89. The van der Waals surface area contributed by atoms with Crippen LogP contribution in [0.25, 0.3) is 0 Å². The molecule has 1 amide bonds. The van der Waals surface area contributed by atoms with Gasteiger partial charge in [-0.3, -0.25) is 4.79 Å². The molecule has 3 heteroatoms. The predicted octanol–water partition coefficient (Wildman–Crippen LogP) is 1.06. The van der Waals surface area contributed by atoms with Crippen LogP contribution in [-0.4, -0.2) is 23.2 Å². The molecule has 2 aliphatic carbocycles. The average Bonchev–Trinajstić information content (AvgIpc) is 2.94. The lowest BCUT2D eigenvalue weighted by molar-refractivity contribution is -0.123. The molecule has 0 aromatic heterocycles. The Morgan fingerprint density at radius 3 is 2.57 bits per heavy atom. The first kappa shape index (κ1) is 9.97. The van der Waals surface area contributed by atoms with Crippen molar-refractivity contribution in [1.29, 1.82) is 0 Å². The molecule has 0 aromatic carbocycles. The third kappa shape index (κ3) is 2.27. The molecule has 0 heterocycles. The van der Waals surface area contributed by atoms with Crippen LogP contribution in [-0.2, 0) is 4.79 Å². The maximum absolute atomic E-state index is 11.5. The molecule has 3 nitrogen and oxygen atoms in total. The lowest BCUT2D eigenvalue weighted by atomic mass is 9.84. The number of hydrogen-bond donors (Lipinski definition) is 2. The van der Waals surface area contributed by atoms with Crippen molar-refractivity contribution < 1.29 is 9.90 Å². The summed E-state index contributed by atoms with van der Waals surface area (Å²) in [6.45, 7) is 2.06. The summed E-state index contributed by atoms with van der Waals surface area (Å²) in [5, 5.41) is 12.6. The van der Waals surface area contributed by atoms with E-state index in [2.05, 4.69) is 12.2 Å². The van der Waals surface area contributed by atoms with Crippen molar-refractivity contribution in [2.75, 3.05) is 0 Å². The lowest BCUT2D eigenvalue weighted by Crippen LogP contribution is -2.42. The number of carbonyl (C=O) groups is 1. The molecule has 2 aliphatic rings. The molecular formula is C11H19NO2. The summed E-state index contributed by atoms with van der Waals surface area (Å²) in [4.78, 5) is 11.5. The van der Waals surface area contributed by atoms with E-state index in [-0.39, 0.29) is 12.0 Å². The van der Waals surface area contributed by atoms with Crippen molar-refractivity contribution in [3.8, 4) is 0 Å². The van der Waals surface area contributed by atoms with Gasteiger partial charge in [0, 0.05) is 12.0 Å². The number of carbonyl (C=O) groups excluding carboxylic acids is 1. The summed E-state index contributed by atoms with van der Waals surface area (Å²) in [5.41, 5.74) is 0. The van der Waals surface area contributed by atoms with E-state index < -0.39 is 0 Å². The monoisotopic (exact) mass is 197 g/mol. The first-order chi connectivity index (χ1) is 6.66. The van der Waals surface area contributed by atoms with Gasteiger partial charge < -0.3 is 10.4 Å². The second-order valence-corrected chi connectivity index (χ2v) is 4.84. The molecule has 80 valence electrons. The zero-order valence-corrected chi connectivity index (χ0v) is 8.70. The van der Waals surface area contributed by atoms with Crippen LogP contribution in [0.5, 0.6) is 0 Å². The summed E-state index contributed by atoms with van der Waals surface area (Å²) < 4.78 is 0. The van der Waals surface area contributed by atoms with E-state index in [0.717, 1.165) is 32.1 Å². The molecule has 3 atom stereocenters. The number of aliphatic hydroxyl groups is 1.